The Morgan fingerprint density at radius 2 is 1.07 bits per heavy atom. The molecule has 0 atom stereocenters. The number of carbonyl (C=O) groups excluding carboxylic acids is 1. The van der Waals surface area contributed by atoms with E-state index in [4.69, 9.17) is 4.74 Å². The summed E-state index contributed by atoms with van der Waals surface area (Å²) in [6.45, 7) is 2.28. The van der Waals surface area contributed by atoms with Crippen molar-refractivity contribution < 1.29 is 9.53 Å². The van der Waals surface area contributed by atoms with Crippen molar-refractivity contribution in [2.75, 3.05) is 7.11 Å². The van der Waals surface area contributed by atoms with Crippen LogP contribution in [0.5, 0.6) is 5.75 Å². The molecule has 1 aromatic rings. The van der Waals surface area contributed by atoms with Crippen LogP contribution in [0.15, 0.2) is 24.3 Å². The molecule has 0 aliphatic rings. The van der Waals surface area contributed by atoms with E-state index in [0.717, 1.165) is 17.7 Å². The maximum Gasteiger partial charge on any atom is 0.162 e. The molecule has 0 bridgehead atoms. The van der Waals surface area contributed by atoms with E-state index in [9.17, 15) is 4.79 Å². The molecular formula is C25H42O2. The molecular weight excluding hydrogens is 332 g/mol. The number of Topliss-reactive ketones (excluding diaryl/α,β-unsaturated/α-hetero) is 1. The van der Waals surface area contributed by atoms with Crippen LogP contribution < -0.4 is 4.74 Å². The Hall–Kier alpha value is -1.31. The van der Waals surface area contributed by atoms with Gasteiger partial charge >= 0.3 is 0 Å². The molecule has 0 radical (unpaired) electrons. The molecule has 0 spiro atoms. The van der Waals surface area contributed by atoms with Crippen LogP contribution >= 0.6 is 0 Å². The minimum atomic E-state index is 0.257. The molecule has 27 heavy (non-hydrogen) atoms. The van der Waals surface area contributed by atoms with Crippen molar-refractivity contribution in [2.45, 2.75) is 110 Å². The lowest BCUT2D eigenvalue weighted by Gasteiger charge is -2.04. The minimum Gasteiger partial charge on any atom is -0.497 e. The summed E-state index contributed by atoms with van der Waals surface area (Å²) in [7, 11) is 1.65. The van der Waals surface area contributed by atoms with Crippen LogP contribution in [0.1, 0.15) is 120 Å². The van der Waals surface area contributed by atoms with Crippen LogP contribution in [0, 0.1) is 0 Å². The minimum absolute atomic E-state index is 0.257. The summed E-state index contributed by atoms with van der Waals surface area (Å²) in [5.74, 6) is 1.06. The maximum absolute atomic E-state index is 12.1. The Labute approximate surface area is 168 Å². The molecule has 0 saturated heterocycles. The van der Waals surface area contributed by atoms with Gasteiger partial charge in [-0.2, -0.15) is 0 Å². The zero-order valence-corrected chi connectivity index (χ0v) is 17.9. The molecule has 0 heterocycles. The first-order valence-electron chi connectivity index (χ1n) is 11.4. The van der Waals surface area contributed by atoms with Crippen LogP contribution in [-0.2, 0) is 0 Å². The molecule has 0 unspecified atom stereocenters. The van der Waals surface area contributed by atoms with Gasteiger partial charge in [-0.15, -0.1) is 0 Å². The van der Waals surface area contributed by atoms with Gasteiger partial charge in [0.2, 0.25) is 0 Å². The van der Waals surface area contributed by atoms with Crippen LogP contribution in [0.2, 0.25) is 0 Å². The van der Waals surface area contributed by atoms with Crippen molar-refractivity contribution in [1.82, 2.24) is 0 Å². The first-order valence-corrected chi connectivity index (χ1v) is 11.4. The number of ether oxygens (including phenoxy) is 1. The third-order valence-electron chi connectivity index (χ3n) is 5.42. The Morgan fingerprint density at radius 1 is 0.667 bits per heavy atom. The van der Waals surface area contributed by atoms with Crippen molar-refractivity contribution in [1.29, 1.82) is 0 Å². The fourth-order valence-corrected chi connectivity index (χ4v) is 3.58. The first-order chi connectivity index (χ1) is 13.3. The molecule has 0 saturated carbocycles. The highest BCUT2D eigenvalue weighted by molar-refractivity contribution is 5.96. The van der Waals surface area contributed by atoms with Crippen molar-refractivity contribution in [3.8, 4) is 5.75 Å². The van der Waals surface area contributed by atoms with E-state index in [1.54, 1.807) is 7.11 Å². The van der Waals surface area contributed by atoms with Gasteiger partial charge in [0.15, 0.2) is 5.78 Å². The third-order valence-corrected chi connectivity index (χ3v) is 5.42. The molecule has 2 nitrogen and oxygen atoms in total. The zero-order valence-electron chi connectivity index (χ0n) is 17.9. The molecule has 0 N–H and O–H groups in total. The Kier molecular flexibility index (Phi) is 14.8. The normalized spacial score (nSPS) is 10.9. The van der Waals surface area contributed by atoms with Gasteiger partial charge in [0.05, 0.1) is 7.11 Å². The summed E-state index contributed by atoms with van der Waals surface area (Å²) in [5, 5.41) is 0. The van der Waals surface area contributed by atoms with Gasteiger partial charge in [0.25, 0.3) is 0 Å². The van der Waals surface area contributed by atoms with Crippen molar-refractivity contribution >= 4 is 5.78 Å². The number of methoxy groups -OCH3 is 1. The number of carbonyl (C=O) groups is 1. The van der Waals surface area contributed by atoms with E-state index in [0.29, 0.717) is 6.42 Å². The lowest BCUT2D eigenvalue weighted by atomic mass is 10.0. The molecule has 1 rings (SSSR count). The van der Waals surface area contributed by atoms with Gasteiger partial charge < -0.3 is 4.74 Å². The summed E-state index contributed by atoms with van der Waals surface area (Å²) in [6.07, 6.45) is 21.0. The Morgan fingerprint density at radius 3 is 1.48 bits per heavy atom. The van der Waals surface area contributed by atoms with Crippen molar-refractivity contribution in [3.63, 3.8) is 0 Å². The molecule has 0 fully saturated rings. The summed E-state index contributed by atoms with van der Waals surface area (Å²) in [6, 6.07) is 7.46. The van der Waals surface area contributed by atoms with Crippen molar-refractivity contribution in [3.05, 3.63) is 29.8 Å². The number of ketones is 1. The quantitative estimate of drug-likeness (QED) is 0.191. The number of rotatable bonds is 18. The fraction of sp³-hybridized carbons (Fsp3) is 0.720. The topological polar surface area (TPSA) is 26.3 Å². The van der Waals surface area contributed by atoms with Gasteiger partial charge in [0, 0.05) is 12.0 Å². The van der Waals surface area contributed by atoms with Crippen LogP contribution in [-0.4, -0.2) is 12.9 Å². The van der Waals surface area contributed by atoms with E-state index in [2.05, 4.69) is 6.92 Å². The molecule has 154 valence electrons. The van der Waals surface area contributed by atoms with Crippen LogP contribution in [0.25, 0.3) is 0 Å². The van der Waals surface area contributed by atoms with Gasteiger partial charge in [-0.1, -0.05) is 96.8 Å². The molecule has 0 aliphatic carbocycles. The lowest BCUT2D eigenvalue weighted by Crippen LogP contribution is -1.98. The molecule has 2 heteroatoms. The van der Waals surface area contributed by atoms with E-state index < -0.39 is 0 Å². The summed E-state index contributed by atoms with van der Waals surface area (Å²) in [4.78, 5) is 12.1. The van der Waals surface area contributed by atoms with Crippen LogP contribution in [0.3, 0.4) is 0 Å². The predicted octanol–water partition coefficient (Wildman–Crippen LogP) is 8.14. The highest BCUT2D eigenvalue weighted by Crippen LogP contribution is 2.16. The highest BCUT2D eigenvalue weighted by Gasteiger charge is 2.05. The third kappa shape index (κ3) is 12.7. The molecule has 0 aliphatic heterocycles. The number of benzene rings is 1. The average Bonchev–Trinajstić information content (AvgIpc) is 2.70. The summed E-state index contributed by atoms with van der Waals surface area (Å²) in [5.41, 5.74) is 0.807. The Bertz CT molecular complexity index is 464. The first kappa shape index (κ1) is 23.7. The predicted molar refractivity (Wildman–Crippen MR) is 117 cm³/mol. The molecule has 1 aromatic carbocycles. The standard InChI is InChI=1S/C25H42O2/c1-3-4-5-6-7-8-9-10-11-12-13-14-15-16-17-18-25(26)23-19-21-24(27-2)22-20-23/h19-22H,3-18H2,1-2H3. The van der Waals surface area contributed by atoms with E-state index in [-0.39, 0.29) is 5.78 Å². The lowest BCUT2D eigenvalue weighted by molar-refractivity contribution is 0.0979. The van der Waals surface area contributed by atoms with Gasteiger partial charge in [-0.05, 0) is 30.7 Å². The summed E-state index contributed by atoms with van der Waals surface area (Å²) >= 11 is 0. The number of hydrogen-bond donors (Lipinski definition) is 0. The van der Waals surface area contributed by atoms with Crippen LogP contribution in [0.4, 0.5) is 0 Å². The Balaban J connectivity index is 1.85. The van der Waals surface area contributed by atoms with E-state index >= 15 is 0 Å². The smallest absolute Gasteiger partial charge is 0.162 e. The SMILES string of the molecule is CCCCCCCCCCCCCCCCCC(=O)c1ccc(OC)cc1. The van der Waals surface area contributed by atoms with Gasteiger partial charge in [-0.25, -0.2) is 0 Å². The largest absolute Gasteiger partial charge is 0.497 e. The second kappa shape index (κ2) is 16.8. The number of hydrogen-bond acceptors (Lipinski definition) is 2. The van der Waals surface area contributed by atoms with Gasteiger partial charge in [0.1, 0.15) is 5.75 Å². The average molecular weight is 375 g/mol. The van der Waals surface area contributed by atoms with Crippen molar-refractivity contribution in [2.24, 2.45) is 0 Å². The van der Waals surface area contributed by atoms with E-state index in [1.807, 2.05) is 24.3 Å². The number of unbranched alkanes of at least 4 members (excludes halogenated alkanes) is 14. The molecule has 0 amide bonds. The highest BCUT2D eigenvalue weighted by atomic mass is 16.5. The monoisotopic (exact) mass is 374 g/mol. The zero-order chi connectivity index (χ0) is 19.6. The molecule has 0 aromatic heterocycles. The van der Waals surface area contributed by atoms with Gasteiger partial charge in [-0.3, -0.25) is 4.79 Å². The summed E-state index contributed by atoms with van der Waals surface area (Å²) < 4.78 is 5.13. The maximum atomic E-state index is 12.1. The van der Waals surface area contributed by atoms with E-state index in [1.165, 1.54) is 89.9 Å². The fourth-order valence-electron chi connectivity index (χ4n) is 3.58. The second-order valence-electron chi connectivity index (χ2n) is 7.85. The second-order valence-corrected chi connectivity index (χ2v) is 7.85.